The Hall–Kier alpha value is -1.81. The molecular formula is C21H28FIN4OS. The summed E-state index contributed by atoms with van der Waals surface area (Å²) < 4.78 is 13.4. The third kappa shape index (κ3) is 9.49. The zero-order valence-corrected chi connectivity index (χ0v) is 19.9. The van der Waals surface area contributed by atoms with Crippen LogP contribution in [0.4, 0.5) is 4.39 Å². The minimum atomic E-state index is -0.225. The number of benzene rings is 2. The van der Waals surface area contributed by atoms with Gasteiger partial charge in [-0.05, 0) is 35.1 Å². The van der Waals surface area contributed by atoms with Gasteiger partial charge in [0.15, 0.2) is 5.96 Å². The van der Waals surface area contributed by atoms with Crippen molar-refractivity contribution in [1.82, 2.24) is 16.0 Å². The highest BCUT2D eigenvalue weighted by Gasteiger charge is 2.06. The van der Waals surface area contributed by atoms with Crippen molar-refractivity contribution < 1.29 is 9.18 Å². The molecule has 0 unspecified atom stereocenters. The largest absolute Gasteiger partial charge is 0.356 e. The van der Waals surface area contributed by atoms with Gasteiger partial charge in [0.2, 0.25) is 5.91 Å². The van der Waals surface area contributed by atoms with E-state index in [4.69, 9.17) is 0 Å². The molecule has 0 saturated heterocycles. The van der Waals surface area contributed by atoms with E-state index in [1.807, 2.05) is 36.6 Å². The van der Waals surface area contributed by atoms with Crippen LogP contribution in [0.15, 0.2) is 53.5 Å². The quantitative estimate of drug-likeness (QED) is 0.263. The lowest BCUT2D eigenvalue weighted by molar-refractivity contribution is -0.121. The lowest BCUT2D eigenvalue weighted by Gasteiger charge is -2.14. The summed E-state index contributed by atoms with van der Waals surface area (Å²) in [4.78, 5) is 16.1. The van der Waals surface area contributed by atoms with Crippen molar-refractivity contribution in [2.45, 2.75) is 25.3 Å². The number of carbonyl (C=O) groups excluding carboxylic acids is 1. The molecule has 0 heterocycles. The summed E-state index contributed by atoms with van der Waals surface area (Å²) in [5.41, 5.74) is 3.07. The van der Waals surface area contributed by atoms with Crippen LogP contribution in [-0.2, 0) is 23.6 Å². The Kier molecular flexibility index (Phi) is 12.4. The van der Waals surface area contributed by atoms with Gasteiger partial charge in [-0.15, -0.1) is 24.0 Å². The Balaban J connectivity index is 0.00000420. The number of carbonyl (C=O) groups is 1. The van der Waals surface area contributed by atoms with Gasteiger partial charge in [0, 0.05) is 38.9 Å². The smallest absolute Gasteiger partial charge is 0.222 e. The van der Waals surface area contributed by atoms with Gasteiger partial charge in [-0.1, -0.05) is 36.4 Å². The van der Waals surface area contributed by atoms with Crippen LogP contribution in [-0.4, -0.2) is 31.7 Å². The van der Waals surface area contributed by atoms with E-state index in [0.717, 1.165) is 22.4 Å². The maximum absolute atomic E-state index is 13.4. The van der Waals surface area contributed by atoms with Gasteiger partial charge in [0.25, 0.3) is 0 Å². The van der Waals surface area contributed by atoms with E-state index in [9.17, 15) is 9.18 Å². The summed E-state index contributed by atoms with van der Waals surface area (Å²) >= 11 is 1.65. The Morgan fingerprint density at radius 2 is 1.79 bits per heavy atom. The van der Waals surface area contributed by atoms with E-state index in [0.29, 0.717) is 32.0 Å². The molecule has 29 heavy (non-hydrogen) atoms. The molecule has 0 aliphatic heterocycles. The first-order valence-corrected chi connectivity index (χ1v) is 10.5. The first kappa shape index (κ1) is 25.2. The number of thioether (sulfide) groups is 1. The zero-order chi connectivity index (χ0) is 20.2. The molecular weight excluding hydrogens is 502 g/mol. The summed E-state index contributed by atoms with van der Waals surface area (Å²) in [5.74, 6) is 1.11. The first-order valence-electron chi connectivity index (χ1n) is 9.13. The molecule has 2 aromatic carbocycles. The molecule has 0 radical (unpaired) electrons. The number of rotatable bonds is 9. The van der Waals surface area contributed by atoms with E-state index in [-0.39, 0.29) is 35.7 Å². The number of hydrogen-bond donors (Lipinski definition) is 3. The predicted molar refractivity (Wildman–Crippen MR) is 130 cm³/mol. The maximum Gasteiger partial charge on any atom is 0.222 e. The van der Waals surface area contributed by atoms with Crippen LogP contribution < -0.4 is 16.0 Å². The maximum atomic E-state index is 13.4. The van der Waals surface area contributed by atoms with Crippen LogP contribution in [0.3, 0.4) is 0 Å². The second-order valence-electron chi connectivity index (χ2n) is 6.21. The van der Waals surface area contributed by atoms with Crippen LogP contribution in [0.5, 0.6) is 0 Å². The highest BCUT2D eigenvalue weighted by molar-refractivity contribution is 14.0. The van der Waals surface area contributed by atoms with Gasteiger partial charge in [-0.25, -0.2) is 4.39 Å². The number of amides is 1. The number of guanidine groups is 1. The SMILES string of the molecule is CN=C(NCCC(=O)NCc1ccccc1)NCc1ccc(F)cc1CSC.I. The number of nitrogens with zero attached hydrogens (tertiary/aromatic N) is 1. The Morgan fingerprint density at radius 3 is 2.48 bits per heavy atom. The molecule has 5 nitrogen and oxygen atoms in total. The number of halogens is 2. The van der Waals surface area contributed by atoms with Gasteiger partial charge < -0.3 is 16.0 Å². The minimum Gasteiger partial charge on any atom is -0.356 e. The highest BCUT2D eigenvalue weighted by atomic mass is 127. The summed E-state index contributed by atoms with van der Waals surface area (Å²) in [6, 6.07) is 14.6. The van der Waals surface area contributed by atoms with Crippen LogP contribution >= 0.6 is 35.7 Å². The second kappa shape index (κ2) is 14.2. The highest BCUT2D eigenvalue weighted by Crippen LogP contribution is 2.16. The fourth-order valence-corrected chi connectivity index (χ4v) is 3.22. The predicted octanol–water partition coefficient (Wildman–Crippen LogP) is 3.68. The molecule has 0 spiro atoms. The molecule has 2 rings (SSSR count). The molecule has 2 aromatic rings. The Bertz CT molecular complexity index is 790. The molecule has 0 fully saturated rings. The van der Waals surface area contributed by atoms with E-state index < -0.39 is 0 Å². The molecule has 8 heteroatoms. The van der Waals surface area contributed by atoms with Gasteiger partial charge in [0.1, 0.15) is 5.82 Å². The minimum absolute atomic E-state index is 0. The van der Waals surface area contributed by atoms with Crippen molar-refractivity contribution in [3.05, 3.63) is 71.0 Å². The van der Waals surface area contributed by atoms with Crippen LogP contribution in [0.1, 0.15) is 23.1 Å². The summed E-state index contributed by atoms with van der Waals surface area (Å²) in [7, 11) is 1.68. The third-order valence-corrected chi connectivity index (χ3v) is 4.71. The second-order valence-corrected chi connectivity index (χ2v) is 7.08. The molecule has 0 atom stereocenters. The summed E-state index contributed by atoms with van der Waals surface area (Å²) in [6.45, 7) is 1.53. The van der Waals surface area contributed by atoms with Crippen molar-refractivity contribution in [2.75, 3.05) is 19.8 Å². The van der Waals surface area contributed by atoms with Gasteiger partial charge in [-0.3, -0.25) is 9.79 Å². The van der Waals surface area contributed by atoms with Crippen molar-refractivity contribution in [3.8, 4) is 0 Å². The van der Waals surface area contributed by atoms with E-state index in [2.05, 4.69) is 20.9 Å². The van der Waals surface area contributed by atoms with Crippen molar-refractivity contribution >= 4 is 47.6 Å². The van der Waals surface area contributed by atoms with E-state index in [1.54, 1.807) is 30.9 Å². The molecule has 158 valence electrons. The van der Waals surface area contributed by atoms with Gasteiger partial charge in [0.05, 0.1) is 0 Å². The first-order chi connectivity index (χ1) is 13.6. The lowest BCUT2D eigenvalue weighted by atomic mass is 10.1. The van der Waals surface area contributed by atoms with Crippen LogP contribution in [0.25, 0.3) is 0 Å². The fraction of sp³-hybridized carbons (Fsp3) is 0.333. The van der Waals surface area contributed by atoms with Crippen LogP contribution in [0.2, 0.25) is 0 Å². The van der Waals surface area contributed by atoms with Gasteiger partial charge in [-0.2, -0.15) is 11.8 Å². The molecule has 0 aliphatic carbocycles. The fourth-order valence-electron chi connectivity index (χ4n) is 2.64. The average Bonchev–Trinajstić information content (AvgIpc) is 2.71. The Morgan fingerprint density at radius 1 is 1.03 bits per heavy atom. The van der Waals surface area contributed by atoms with Crippen LogP contribution in [0, 0.1) is 5.82 Å². The number of hydrogen-bond acceptors (Lipinski definition) is 3. The number of aliphatic imine (C=N–C) groups is 1. The topological polar surface area (TPSA) is 65.5 Å². The number of nitrogens with one attached hydrogen (secondary N) is 3. The van der Waals surface area contributed by atoms with Gasteiger partial charge >= 0.3 is 0 Å². The van der Waals surface area contributed by atoms with Crippen molar-refractivity contribution in [2.24, 2.45) is 4.99 Å². The third-order valence-electron chi connectivity index (χ3n) is 4.12. The standard InChI is InChI=1S/C21H27FN4OS.HI/c1-23-21(26-14-17-8-9-19(22)12-18(17)15-28-2)24-11-10-20(27)25-13-16-6-4-3-5-7-16;/h3-9,12H,10-11,13-15H2,1-2H3,(H,25,27)(H2,23,24,26);1H. The molecule has 0 bridgehead atoms. The molecule has 0 aliphatic rings. The molecule has 3 N–H and O–H groups in total. The average molecular weight is 530 g/mol. The zero-order valence-electron chi connectivity index (χ0n) is 16.7. The van der Waals surface area contributed by atoms with Crippen molar-refractivity contribution in [1.29, 1.82) is 0 Å². The monoisotopic (exact) mass is 530 g/mol. The molecule has 1 amide bonds. The normalized spacial score (nSPS) is 10.8. The van der Waals surface area contributed by atoms with E-state index in [1.165, 1.54) is 6.07 Å². The molecule has 0 aromatic heterocycles. The Labute approximate surface area is 193 Å². The lowest BCUT2D eigenvalue weighted by Crippen LogP contribution is -2.39. The summed E-state index contributed by atoms with van der Waals surface area (Å²) in [5, 5.41) is 9.24. The van der Waals surface area contributed by atoms with Crippen molar-refractivity contribution in [3.63, 3.8) is 0 Å². The molecule has 0 saturated carbocycles. The summed E-state index contributed by atoms with van der Waals surface area (Å²) in [6.07, 6.45) is 2.34. The van der Waals surface area contributed by atoms with E-state index >= 15 is 0 Å².